The van der Waals surface area contributed by atoms with Gasteiger partial charge in [0.05, 0.1) is 24.6 Å². The molecule has 258 valence electrons. The molecule has 4 atom stereocenters. The van der Waals surface area contributed by atoms with Gasteiger partial charge in [0.15, 0.2) is 0 Å². The predicted molar refractivity (Wildman–Crippen MR) is 184 cm³/mol. The van der Waals surface area contributed by atoms with Gasteiger partial charge < -0.3 is 30.1 Å². The van der Waals surface area contributed by atoms with Gasteiger partial charge in [-0.15, -0.1) is 13.2 Å². The van der Waals surface area contributed by atoms with Crippen LogP contribution < -0.4 is 10.6 Å². The van der Waals surface area contributed by atoms with E-state index in [1.165, 1.54) is 0 Å². The molecule has 2 aliphatic rings. The molecule has 3 N–H and O–H groups in total. The van der Waals surface area contributed by atoms with Crippen LogP contribution in [0.5, 0.6) is 0 Å². The van der Waals surface area contributed by atoms with Crippen molar-refractivity contribution in [1.82, 2.24) is 15.5 Å². The number of nitrogens with zero attached hydrogens (tertiary/aromatic N) is 1. The van der Waals surface area contributed by atoms with E-state index in [4.69, 9.17) is 9.47 Å². The number of aliphatic hydroxyl groups excluding tert-OH is 1. The van der Waals surface area contributed by atoms with E-state index in [-0.39, 0.29) is 62.4 Å². The first kappa shape index (κ1) is 36.4. The molecule has 0 bridgehead atoms. The second-order valence-corrected chi connectivity index (χ2v) is 12.9. The highest BCUT2D eigenvalue weighted by atomic mass is 16.6. The number of carbonyl (C=O) groups is 4. The highest BCUT2D eigenvalue weighted by molar-refractivity contribution is 5.86. The van der Waals surface area contributed by atoms with Crippen molar-refractivity contribution in [2.24, 2.45) is 11.8 Å². The fourth-order valence-corrected chi connectivity index (χ4v) is 6.46. The molecule has 3 amide bonds. The van der Waals surface area contributed by atoms with Gasteiger partial charge in [-0.1, -0.05) is 74.5 Å². The third-order valence-electron chi connectivity index (χ3n) is 9.27. The summed E-state index contributed by atoms with van der Waals surface area (Å²) in [7, 11) is 0. The van der Waals surface area contributed by atoms with E-state index in [0.29, 0.717) is 19.4 Å². The summed E-state index contributed by atoms with van der Waals surface area (Å²) < 4.78 is 11.3. The zero-order chi connectivity index (χ0) is 34.6. The number of benzene rings is 2. The molecular formula is C38H49N3O7. The molecule has 48 heavy (non-hydrogen) atoms. The van der Waals surface area contributed by atoms with Crippen LogP contribution in [-0.4, -0.2) is 78.4 Å². The molecule has 1 aliphatic carbocycles. The molecule has 2 aromatic rings. The average molecular weight is 660 g/mol. The Hall–Kier alpha value is -4.44. The molecule has 4 unspecified atom stereocenters. The lowest BCUT2D eigenvalue weighted by Crippen LogP contribution is -2.48. The Morgan fingerprint density at radius 3 is 2.25 bits per heavy atom. The topological polar surface area (TPSA) is 134 Å². The maximum atomic E-state index is 13.3. The van der Waals surface area contributed by atoms with Crippen molar-refractivity contribution in [2.75, 3.05) is 26.4 Å². The third-order valence-corrected chi connectivity index (χ3v) is 9.27. The van der Waals surface area contributed by atoms with Crippen molar-refractivity contribution in [2.45, 2.75) is 76.4 Å². The summed E-state index contributed by atoms with van der Waals surface area (Å²) in [5.74, 6) is -2.03. The van der Waals surface area contributed by atoms with E-state index in [1.807, 2.05) is 50.2 Å². The predicted octanol–water partition coefficient (Wildman–Crippen LogP) is 5.11. The number of amides is 3. The van der Waals surface area contributed by atoms with E-state index in [2.05, 4.69) is 35.9 Å². The van der Waals surface area contributed by atoms with Crippen molar-refractivity contribution in [3.8, 4) is 11.1 Å². The number of aliphatic hydroxyl groups is 1. The maximum absolute atomic E-state index is 13.3. The second kappa shape index (κ2) is 17.6. The number of fused-ring (bicyclic) bond motifs is 3. The SMILES string of the molecule is C=CCCC(NC(=O)OCC1c2ccccc2-c2ccccc21)C(=O)OCC(NC(=O)C(CC=C)CC(=O)N1CCCC1CO)C(C)C. The standard InChI is InChI=1S/C38H49N3O7/c1-5-7-19-33(40-38(46)48-23-32-30-17-10-8-15-28(30)29-16-9-11-18-31(29)32)37(45)47-24-34(25(3)4)39-36(44)26(13-6-2)21-35(43)41-20-12-14-27(41)22-42/h5-6,8-11,15-18,25-27,32-34,42H,1-2,7,12-14,19-24H2,3-4H3,(H,39,44)(H,40,46). The van der Waals surface area contributed by atoms with Crippen LogP contribution in [0.25, 0.3) is 11.1 Å². The number of allylic oxidation sites excluding steroid dienone is 2. The normalized spacial score (nSPS) is 17.1. The summed E-state index contributed by atoms with van der Waals surface area (Å²) in [5, 5.41) is 15.2. The Morgan fingerprint density at radius 1 is 0.979 bits per heavy atom. The molecule has 4 rings (SSSR count). The van der Waals surface area contributed by atoms with Gasteiger partial charge in [0, 0.05) is 18.9 Å². The number of alkyl carbamates (subject to hydrolysis) is 1. The van der Waals surface area contributed by atoms with Crippen LogP contribution in [0.15, 0.2) is 73.8 Å². The zero-order valence-corrected chi connectivity index (χ0v) is 28.1. The average Bonchev–Trinajstić information content (AvgIpc) is 3.70. The number of esters is 1. The van der Waals surface area contributed by atoms with Crippen LogP contribution in [0.1, 0.15) is 69.4 Å². The summed E-state index contributed by atoms with van der Waals surface area (Å²) >= 11 is 0. The summed E-state index contributed by atoms with van der Waals surface area (Å²) in [6.45, 7) is 11.7. The van der Waals surface area contributed by atoms with E-state index < -0.39 is 30.1 Å². The molecule has 2 aromatic carbocycles. The molecular weight excluding hydrogens is 610 g/mol. The Morgan fingerprint density at radius 2 is 1.65 bits per heavy atom. The Kier molecular flexibility index (Phi) is 13.4. The van der Waals surface area contributed by atoms with Crippen LogP contribution in [-0.2, 0) is 23.9 Å². The number of rotatable bonds is 17. The van der Waals surface area contributed by atoms with Crippen molar-refractivity contribution in [3.05, 3.63) is 85.0 Å². The van der Waals surface area contributed by atoms with Crippen LogP contribution >= 0.6 is 0 Å². The van der Waals surface area contributed by atoms with Gasteiger partial charge in [0.25, 0.3) is 0 Å². The second-order valence-electron chi connectivity index (χ2n) is 12.9. The number of hydrogen-bond donors (Lipinski definition) is 3. The van der Waals surface area contributed by atoms with Crippen LogP contribution in [0, 0.1) is 11.8 Å². The molecule has 1 saturated heterocycles. The van der Waals surface area contributed by atoms with Crippen molar-refractivity contribution in [3.63, 3.8) is 0 Å². The van der Waals surface area contributed by atoms with E-state index >= 15 is 0 Å². The molecule has 0 radical (unpaired) electrons. The van der Waals surface area contributed by atoms with Gasteiger partial charge in [-0.2, -0.15) is 0 Å². The summed E-state index contributed by atoms with van der Waals surface area (Å²) in [5.41, 5.74) is 4.40. The minimum atomic E-state index is -0.978. The quantitative estimate of drug-likeness (QED) is 0.159. The lowest BCUT2D eigenvalue weighted by Gasteiger charge is -2.28. The van der Waals surface area contributed by atoms with Crippen molar-refractivity contribution < 1.29 is 33.8 Å². The van der Waals surface area contributed by atoms with Crippen molar-refractivity contribution >= 4 is 23.9 Å². The largest absolute Gasteiger partial charge is 0.462 e. The van der Waals surface area contributed by atoms with Crippen LogP contribution in [0.4, 0.5) is 4.79 Å². The van der Waals surface area contributed by atoms with E-state index in [9.17, 15) is 24.3 Å². The lowest BCUT2D eigenvalue weighted by atomic mass is 9.97. The minimum Gasteiger partial charge on any atom is -0.462 e. The Balaban J connectivity index is 1.33. The number of carbonyl (C=O) groups excluding carboxylic acids is 4. The summed E-state index contributed by atoms with van der Waals surface area (Å²) in [6.07, 6.45) is 5.11. The van der Waals surface area contributed by atoms with Gasteiger partial charge >= 0.3 is 12.1 Å². The molecule has 10 nitrogen and oxygen atoms in total. The molecule has 1 heterocycles. The number of likely N-dealkylation sites (tertiary alicyclic amines) is 1. The zero-order valence-electron chi connectivity index (χ0n) is 28.1. The number of nitrogens with one attached hydrogen (secondary N) is 2. The highest BCUT2D eigenvalue weighted by Crippen LogP contribution is 2.44. The molecule has 0 aromatic heterocycles. The first-order chi connectivity index (χ1) is 23.2. The van der Waals surface area contributed by atoms with Gasteiger partial charge in [0.1, 0.15) is 19.3 Å². The van der Waals surface area contributed by atoms with Gasteiger partial charge in [-0.25, -0.2) is 9.59 Å². The van der Waals surface area contributed by atoms with Crippen molar-refractivity contribution in [1.29, 1.82) is 0 Å². The molecule has 10 heteroatoms. The fourth-order valence-electron chi connectivity index (χ4n) is 6.46. The monoisotopic (exact) mass is 659 g/mol. The van der Waals surface area contributed by atoms with Crippen LogP contribution in [0.3, 0.4) is 0 Å². The lowest BCUT2D eigenvalue weighted by molar-refractivity contribution is -0.148. The van der Waals surface area contributed by atoms with Gasteiger partial charge in [-0.05, 0) is 60.3 Å². The van der Waals surface area contributed by atoms with E-state index in [1.54, 1.807) is 17.1 Å². The highest BCUT2D eigenvalue weighted by Gasteiger charge is 2.33. The molecule has 1 aliphatic heterocycles. The first-order valence-corrected chi connectivity index (χ1v) is 16.9. The Labute approximate surface area is 283 Å². The Bertz CT molecular complexity index is 1410. The first-order valence-electron chi connectivity index (χ1n) is 16.9. The maximum Gasteiger partial charge on any atom is 0.407 e. The smallest absolute Gasteiger partial charge is 0.407 e. The third kappa shape index (κ3) is 9.13. The fraction of sp³-hybridized carbons (Fsp3) is 0.474. The molecule has 0 spiro atoms. The van der Waals surface area contributed by atoms with Crippen LogP contribution in [0.2, 0.25) is 0 Å². The molecule has 0 saturated carbocycles. The van der Waals surface area contributed by atoms with Gasteiger partial charge in [0.2, 0.25) is 11.8 Å². The molecule has 1 fully saturated rings. The summed E-state index contributed by atoms with van der Waals surface area (Å²) in [4.78, 5) is 54.2. The summed E-state index contributed by atoms with van der Waals surface area (Å²) in [6, 6.07) is 14.4. The number of hydrogen-bond acceptors (Lipinski definition) is 7. The minimum absolute atomic E-state index is 0.00730. The van der Waals surface area contributed by atoms with Gasteiger partial charge in [-0.3, -0.25) is 9.59 Å². The van der Waals surface area contributed by atoms with E-state index in [0.717, 1.165) is 35.1 Å². The number of ether oxygens (including phenoxy) is 2.